The summed E-state index contributed by atoms with van der Waals surface area (Å²) in [5.41, 5.74) is 0.847. The summed E-state index contributed by atoms with van der Waals surface area (Å²) in [5.74, 6) is -0.103. The normalized spacial score (nSPS) is 17.1. The Bertz CT molecular complexity index is 711. The van der Waals surface area contributed by atoms with Crippen LogP contribution in [0.25, 0.3) is 9.88 Å². The van der Waals surface area contributed by atoms with Gasteiger partial charge in [-0.25, -0.2) is 9.78 Å². The van der Waals surface area contributed by atoms with Crippen molar-refractivity contribution in [1.29, 1.82) is 0 Å². The monoisotopic (exact) mass is 364 g/mol. The molecular weight excluding hydrogens is 344 g/mol. The van der Waals surface area contributed by atoms with E-state index in [0.29, 0.717) is 19.5 Å². The van der Waals surface area contributed by atoms with Crippen LogP contribution in [0.2, 0.25) is 0 Å². The summed E-state index contributed by atoms with van der Waals surface area (Å²) in [4.78, 5) is 33.4. The third-order valence-corrected chi connectivity index (χ3v) is 5.84. The second-order valence-corrected chi connectivity index (χ2v) is 7.67. The number of nitrogens with zero attached hydrogens (tertiary/aromatic N) is 3. The first kappa shape index (κ1) is 16.9. The molecule has 1 fully saturated rings. The van der Waals surface area contributed by atoms with Crippen LogP contribution in [0.3, 0.4) is 0 Å². The molecule has 1 aliphatic rings. The third kappa shape index (κ3) is 3.59. The molecule has 0 spiro atoms. The highest BCUT2D eigenvalue weighted by molar-refractivity contribution is 7.20. The van der Waals surface area contributed by atoms with Gasteiger partial charge in [-0.15, -0.1) is 22.7 Å². The highest BCUT2D eigenvalue weighted by Gasteiger charge is 2.34. The van der Waals surface area contributed by atoms with Crippen molar-refractivity contribution in [2.24, 2.45) is 0 Å². The van der Waals surface area contributed by atoms with Crippen LogP contribution in [0, 0.1) is 0 Å². The van der Waals surface area contributed by atoms with Crippen molar-refractivity contribution in [3.63, 3.8) is 0 Å². The van der Waals surface area contributed by atoms with E-state index in [0.717, 1.165) is 22.0 Å². The van der Waals surface area contributed by atoms with Gasteiger partial charge < -0.3 is 15.1 Å². The molecule has 0 radical (unpaired) electrons. The molecule has 0 aromatic carbocycles. The molecule has 0 aliphatic carbocycles. The fraction of sp³-hybridized carbons (Fsp3) is 0.438. The average molecular weight is 364 g/mol. The lowest BCUT2D eigenvalue weighted by Crippen LogP contribution is -2.49. The molecule has 1 atom stereocenters. The van der Waals surface area contributed by atoms with Crippen LogP contribution < -0.4 is 5.32 Å². The smallest absolute Gasteiger partial charge is 0.320 e. The quantitative estimate of drug-likeness (QED) is 0.907. The first-order chi connectivity index (χ1) is 11.6. The lowest BCUT2D eigenvalue weighted by atomic mass is 10.2. The number of thiazole rings is 1. The van der Waals surface area contributed by atoms with Crippen molar-refractivity contribution in [2.45, 2.75) is 25.4 Å². The van der Waals surface area contributed by atoms with Crippen molar-refractivity contribution >= 4 is 34.6 Å². The van der Waals surface area contributed by atoms with Crippen LogP contribution in [0.4, 0.5) is 4.79 Å². The summed E-state index contributed by atoms with van der Waals surface area (Å²) < 4.78 is 0. The number of aromatic nitrogens is 1. The van der Waals surface area contributed by atoms with Gasteiger partial charge in [0.2, 0.25) is 5.91 Å². The number of thiophene rings is 1. The molecule has 1 unspecified atom stereocenters. The van der Waals surface area contributed by atoms with Gasteiger partial charge in [0.1, 0.15) is 11.0 Å². The molecule has 128 valence electrons. The Morgan fingerprint density at radius 1 is 1.42 bits per heavy atom. The zero-order valence-corrected chi connectivity index (χ0v) is 15.3. The number of nitrogens with one attached hydrogen (secondary N) is 1. The van der Waals surface area contributed by atoms with E-state index in [4.69, 9.17) is 0 Å². The second-order valence-electron chi connectivity index (χ2n) is 5.87. The summed E-state index contributed by atoms with van der Waals surface area (Å²) in [7, 11) is 3.41. The predicted octanol–water partition coefficient (Wildman–Crippen LogP) is 2.63. The van der Waals surface area contributed by atoms with Gasteiger partial charge in [-0.3, -0.25) is 4.79 Å². The molecule has 1 aliphatic heterocycles. The van der Waals surface area contributed by atoms with Crippen LogP contribution in [0.1, 0.15) is 18.5 Å². The molecule has 3 rings (SSSR count). The minimum Gasteiger partial charge on any atom is -0.349 e. The molecule has 3 heterocycles. The lowest BCUT2D eigenvalue weighted by Gasteiger charge is -2.26. The molecule has 1 saturated heterocycles. The van der Waals surface area contributed by atoms with E-state index in [1.54, 1.807) is 41.7 Å². The molecule has 6 nitrogen and oxygen atoms in total. The van der Waals surface area contributed by atoms with E-state index in [1.165, 1.54) is 4.90 Å². The minimum absolute atomic E-state index is 0.103. The third-order valence-electron chi connectivity index (χ3n) is 3.91. The number of rotatable bonds is 4. The van der Waals surface area contributed by atoms with Gasteiger partial charge in [0.05, 0.1) is 17.1 Å². The highest BCUT2D eigenvalue weighted by atomic mass is 32.1. The van der Waals surface area contributed by atoms with Gasteiger partial charge >= 0.3 is 6.03 Å². The Morgan fingerprint density at radius 2 is 2.25 bits per heavy atom. The summed E-state index contributed by atoms with van der Waals surface area (Å²) in [6.45, 7) is 1.02. The molecule has 2 aromatic rings. The van der Waals surface area contributed by atoms with E-state index in [9.17, 15) is 9.59 Å². The van der Waals surface area contributed by atoms with Crippen LogP contribution in [-0.4, -0.2) is 53.4 Å². The number of hydrogen-bond donors (Lipinski definition) is 1. The topological polar surface area (TPSA) is 65.5 Å². The standard InChI is InChI=1S/C16H20N4O2S2/c1-19(2)16(22)20-7-3-5-12(20)14(21)17-9-11-10-24-15(18-11)13-6-4-8-23-13/h4,6,8,10,12H,3,5,7,9H2,1-2H3,(H,17,21). The van der Waals surface area contributed by atoms with E-state index < -0.39 is 0 Å². The molecular formula is C16H20N4O2S2. The Morgan fingerprint density at radius 3 is 2.96 bits per heavy atom. The minimum atomic E-state index is -0.379. The molecule has 8 heteroatoms. The van der Waals surface area contributed by atoms with Gasteiger partial charge in [0.15, 0.2) is 0 Å². The second kappa shape index (κ2) is 7.31. The van der Waals surface area contributed by atoms with Crippen molar-refractivity contribution in [3.05, 3.63) is 28.6 Å². The summed E-state index contributed by atoms with van der Waals surface area (Å²) in [5, 5.41) is 7.88. The van der Waals surface area contributed by atoms with Crippen molar-refractivity contribution in [1.82, 2.24) is 20.1 Å². The molecule has 3 amide bonds. The van der Waals surface area contributed by atoms with Crippen LogP contribution >= 0.6 is 22.7 Å². The van der Waals surface area contributed by atoms with Gasteiger partial charge in [0, 0.05) is 26.0 Å². The first-order valence-corrected chi connectivity index (χ1v) is 9.56. The largest absolute Gasteiger partial charge is 0.349 e. The molecule has 0 saturated carbocycles. The molecule has 1 N–H and O–H groups in total. The maximum Gasteiger partial charge on any atom is 0.320 e. The van der Waals surface area contributed by atoms with Gasteiger partial charge in [-0.1, -0.05) is 6.07 Å². The summed E-state index contributed by atoms with van der Waals surface area (Å²) in [6, 6.07) is 3.55. The van der Waals surface area contributed by atoms with Gasteiger partial charge in [-0.2, -0.15) is 0 Å². The maximum absolute atomic E-state index is 12.4. The van der Waals surface area contributed by atoms with Crippen LogP contribution in [0.15, 0.2) is 22.9 Å². The van der Waals surface area contributed by atoms with Crippen LogP contribution in [0.5, 0.6) is 0 Å². The Kier molecular flexibility index (Phi) is 5.15. The zero-order valence-electron chi connectivity index (χ0n) is 13.7. The van der Waals surface area contributed by atoms with E-state index in [2.05, 4.69) is 10.3 Å². The number of urea groups is 1. The molecule has 0 bridgehead atoms. The van der Waals surface area contributed by atoms with Crippen molar-refractivity contribution in [3.8, 4) is 9.88 Å². The van der Waals surface area contributed by atoms with Crippen molar-refractivity contribution < 1.29 is 9.59 Å². The maximum atomic E-state index is 12.4. The van der Waals surface area contributed by atoms with E-state index >= 15 is 0 Å². The number of likely N-dealkylation sites (tertiary alicyclic amines) is 1. The zero-order chi connectivity index (χ0) is 17.1. The number of carbonyl (C=O) groups excluding carboxylic acids is 2. The summed E-state index contributed by atoms with van der Waals surface area (Å²) >= 11 is 3.23. The Labute approximate surface area is 149 Å². The fourth-order valence-electron chi connectivity index (χ4n) is 2.72. The number of carbonyl (C=O) groups is 2. The van der Waals surface area contributed by atoms with Crippen molar-refractivity contribution in [2.75, 3.05) is 20.6 Å². The highest BCUT2D eigenvalue weighted by Crippen LogP contribution is 2.27. The summed E-state index contributed by atoms with van der Waals surface area (Å²) in [6.07, 6.45) is 1.57. The first-order valence-electron chi connectivity index (χ1n) is 7.80. The average Bonchev–Trinajstić information content (AvgIpc) is 3.32. The van der Waals surface area contributed by atoms with Gasteiger partial charge in [-0.05, 0) is 24.3 Å². The number of amides is 3. The Hall–Kier alpha value is -1.93. The van der Waals surface area contributed by atoms with E-state index in [1.807, 2.05) is 22.9 Å². The molecule has 2 aromatic heterocycles. The lowest BCUT2D eigenvalue weighted by molar-refractivity contribution is -0.125. The van der Waals surface area contributed by atoms with Gasteiger partial charge in [0.25, 0.3) is 0 Å². The molecule has 24 heavy (non-hydrogen) atoms. The SMILES string of the molecule is CN(C)C(=O)N1CCCC1C(=O)NCc1csc(-c2cccs2)n1. The Balaban J connectivity index is 1.58. The number of hydrogen-bond acceptors (Lipinski definition) is 5. The fourth-order valence-corrected chi connectivity index (χ4v) is 4.36. The van der Waals surface area contributed by atoms with Crippen LogP contribution in [-0.2, 0) is 11.3 Å². The predicted molar refractivity (Wildman–Crippen MR) is 96.1 cm³/mol. The van der Waals surface area contributed by atoms with E-state index in [-0.39, 0.29) is 18.0 Å².